The number of nitrogens with two attached hydrogens (primary N) is 1. The molecular weight excluding hydrogens is 726 g/mol. The van der Waals surface area contributed by atoms with Crippen molar-refractivity contribution in [2.24, 2.45) is 0 Å². The number of hydrogen-bond acceptors (Lipinski definition) is 12. The molecule has 15 nitrogen and oxygen atoms in total. The second kappa shape index (κ2) is 13.7. The number of benzene rings is 2. The van der Waals surface area contributed by atoms with Crippen LogP contribution >= 0.6 is 0 Å². The molecule has 4 heterocycles. The number of nitro groups is 1. The number of hydrogen-bond donors (Lipinski definition) is 2. The first-order valence-electron chi connectivity index (χ1n) is 13.2. The van der Waals surface area contributed by atoms with Gasteiger partial charge in [0.05, 0.1) is 50.1 Å². The van der Waals surface area contributed by atoms with E-state index in [9.17, 15) is 53.3 Å². The molecule has 264 valence electrons. The Morgan fingerprint density at radius 1 is 0.700 bits per heavy atom. The third kappa shape index (κ3) is 7.47. The zero-order valence-electron chi connectivity index (χ0n) is 24.8. The van der Waals surface area contributed by atoms with E-state index in [2.05, 4.69) is 20.2 Å². The van der Waals surface area contributed by atoms with E-state index in [1.165, 1.54) is 18.5 Å². The largest absolute Gasteiger partial charge is 0.416 e. The summed E-state index contributed by atoms with van der Waals surface area (Å²) >= 11 is 0. The van der Waals surface area contributed by atoms with Crippen LogP contribution in [-0.2, 0) is 32.4 Å². The highest BCUT2D eigenvalue weighted by molar-refractivity contribution is 7.90. The van der Waals surface area contributed by atoms with Crippen LogP contribution in [0, 0.1) is 10.1 Å². The Morgan fingerprint density at radius 2 is 1.12 bits per heavy atom. The Hall–Kier alpha value is -5.68. The van der Waals surface area contributed by atoms with Crippen molar-refractivity contribution in [2.45, 2.75) is 22.1 Å². The quantitative estimate of drug-likeness (QED) is 0.142. The van der Waals surface area contributed by atoms with Crippen molar-refractivity contribution in [1.29, 1.82) is 0 Å². The summed E-state index contributed by atoms with van der Waals surface area (Å²) in [5.41, 5.74) is 3.26. The monoisotopic (exact) mass is 746 g/mol. The number of aliphatic hydroxyl groups excluding tert-OH is 1. The number of aliphatic hydroxyl groups is 1. The first-order valence-corrected chi connectivity index (χ1v) is 16.1. The smallest absolute Gasteiger partial charge is 0.400 e. The van der Waals surface area contributed by atoms with Gasteiger partial charge >= 0.3 is 12.4 Å². The van der Waals surface area contributed by atoms with Gasteiger partial charge in [-0.05, 0) is 42.5 Å². The summed E-state index contributed by atoms with van der Waals surface area (Å²) in [6.07, 6.45) is -4.89. The van der Waals surface area contributed by atoms with Crippen molar-refractivity contribution < 1.29 is 53.2 Å². The summed E-state index contributed by atoms with van der Waals surface area (Å²) in [6.45, 7) is 0. The Morgan fingerprint density at radius 3 is 1.54 bits per heavy atom. The molecule has 50 heavy (non-hydrogen) atoms. The van der Waals surface area contributed by atoms with Crippen molar-refractivity contribution >= 4 is 53.5 Å². The van der Waals surface area contributed by atoms with Gasteiger partial charge in [0.2, 0.25) is 0 Å². The molecule has 3 N–H and O–H groups in total. The van der Waals surface area contributed by atoms with Crippen LogP contribution in [0.25, 0.3) is 22.1 Å². The second-order valence-corrected chi connectivity index (χ2v) is 13.1. The molecule has 0 aliphatic rings. The van der Waals surface area contributed by atoms with E-state index < -0.39 is 63.9 Å². The Balaban J connectivity index is 0.000000215. The van der Waals surface area contributed by atoms with E-state index in [1.807, 2.05) is 0 Å². The summed E-state index contributed by atoms with van der Waals surface area (Å²) in [5, 5.41) is 25.1. The van der Waals surface area contributed by atoms with Gasteiger partial charge in [0, 0.05) is 13.2 Å². The van der Waals surface area contributed by atoms with E-state index in [0.717, 1.165) is 62.0 Å². The number of halogens is 6. The summed E-state index contributed by atoms with van der Waals surface area (Å²) in [4.78, 5) is 16.5. The van der Waals surface area contributed by atoms with Crippen molar-refractivity contribution in [3.63, 3.8) is 0 Å². The Labute approximate surface area is 276 Å². The molecule has 6 rings (SSSR count). The molecular formula is C27H20F6N8O7S2. The number of rotatable bonds is 5. The molecule has 0 aliphatic heterocycles. The number of aromatic nitrogens is 6. The average molecular weight is 747 g/mol. The minimum atomic E-state index is -4.72. The molecule has 0 unspecified atom stereocenters. The minimum Gasteiger partial charge on any atom is -0.400 e. The lowest BCUT2D eigenvalue weighted by molar-refractivity contribution is -0.385. The molecule has 0 amide bonds. The minimum absolute atomic E-state index is 0.0427. The lowest BCUT2D eigenvalue weighted by atomic mass is 10.2. The number of pyridine rings is 2. The second-order valence-electron chi connectivity index (χ2n) is 9.56. The molecule has 0 bridgehead atoms. The molecule has 23 heteroatoms. The summed E-state index contributed by atoms with van der Waals surface area (Å²) < 4.78 is 128. The number of nitrogen functional groups attached to an aromatic ring is 1. The standard InChI is InChI=1S/C13H7F3N4O4S.C13H9F3N4O2S.CH4O/c14-13(15,16)8-2-1-3-10(4-8)25(23,24)19-12-5-9(20(21)22)6-17-11(12)7-18-19;14-13(15,16)8-2-1-3-10(4-8)23(21,22)20-12-5-9(17)6-18-11(12)7-19-20;1-2/h1-7H;1-7H,17H2;2H,1H3. The van der Waals surface area contributed by atoms with Gasteiger partial charge < -0.3 is 10.8 Å². The number of nitrogens with zero attached hydrogens (tertiary/aromatic N) is 7. The third-order valence-electron chi connectivity index (χ3n) is 6.37. The SMILES string of the molecule is CO.Nc1cnc2cnn(S(=O)(=O)c3cccc(C(F)(F)F)c3)c2c1.O=[N+]([O-])c1cnc2cnn(S(=O)(=O)c3cccc(C(F)(F)F)c3)c2c1. The lowest BCUT2D eigenvalue weighted by Gasteiger charge is -2.10. The maximum atomic E-state index is 12.8. The molecule has 0 saturated heterocycles. The van der Waals surface area contributed by atoms with Gasteiger partial charge in [-0.3, -0.25) is 15.1 Å². The summed E-state index contributed by atoms with van der Waals surface area (Å²) in [7, 11) is -7.82. The van der Waals surface area contributed by atoms with Crippen LogP contribution in [0.15, 0.2) is 95.2 Å². The molecule has 0 spiro atoms. The van der Waals surface area contributed by atoms with E-state index in [0.29, 0.717) is 20.3 Å². The van der Waals surface area contributed by atoms with Crippen LogP contribution in [-0.4, -0.2) is 62.3 Å². The predicted octanol–water partition coefficient (Wildman–Crippen LogP) is 4.47. The molecule has 0 fully saturated rings. The number of anilines is 1. The van der Waals surface area contributed by atoms with Crippen LogP contribution in [0.3, 0.4) is 0 Å². The van der Waals surface area contributed by atoms with Gasteiger partial charge in [0.25, 0.3) is 25.7 Å². The average Bonchev–Trinajstić information content (AvgIpc) is 3.70. The molecule has 6 aromatic rings. The fraction of sp³-hybridized carbons (Fsp3) is 0.111. The highest BCUT2D eigenvalue weighted by Crippen LogP contribution is 2.33. The zero-order valence-corrected chi connectivity index (χ0v) is 26.4. The Kier molecular flexibility index (Phi) is 10.2. The summed E-state index contributed by atoms with van der Waals surface area (Å²) in [6, 6.07) is 8.82. The normalized spacial score (nSPS) is 12.2. The highest BCUT2D eigenvalue weighted by atomic mass is 32.2. The first-order chi connectivity index (χ1) is 23.3. The van der Waals surface area contributed by atoms with Crippen LogP contribution < -0.4 is 5.73 Å². The molecule has 0 saturated carbocycles. The Bertz CT molecular complexity index is 2430. The van der Waals surface area contributed by atoms with Crippen LogP contribution in [0.5, 0.6) is 0 Å². The van der Waals surface area contributed by atoms with Gasteiger partial charge in [0.1, 0.15) is 28.3 Å². The van der Waals surface area contributed by atoms with E-state index >= 15 is 0 Å². The van der Waals surface area contributed by atoms with Gasteiger partial charge in [-0.25, -0.2) is 4.98 Å². The van der Waals surface area contributed by atoms with E-state index in [-0.39, 0.29) is 27.8 Å². The lowest BCUT2D eigenvalue weighted by Crippen LogP contribution is -2.16. The molecule has 4 aromatic heterocycles. The van der Waals surface area contributed by atoms with Crippen molar-refractivity contribution in [3.05, 3.63) is 107 Å². The van der Waals surface area contributed by atoms with Crippen molar-refractivity contribution in [2.75, 3.05) is 12.8 Å². The van der Waals surface area contributed by atoms with E-state index in [1.54, 1.807) is 0 Å². The van der Waals surface area contributed by atoms with Gasteiger partial charge in [-0.1, -0.05) is 12.1 Å². The van der Waals surface area contributed by atoms with Crippen LogP contribution in [0.2, 0.25) is 0 Å². The van der Waals surface area contributed by atoms with Gasteiger partial charge in [0.15, 0.2) is 0 Å². The zero-order chi connectivity index (χ0) is 37.2. The highest BCUT2D eigenvalue weighted by Gasteiger charge is 2.33. The van der Waals surface area contributed by atoms with Crippen molar-refractivity contribution in [1.82, 2.24) is 28.3 Å². The topological polar surface area (TPSA) is 219 Å². The van der Waals surface area contributed by atoms with Crippen LogP contribution in [0.4, 0.5) is 37.7 Å². The fourth-order valence-electron chi connectivity index (χ4n) is 4.12. The van der Waals surface area contributed by atoms with Gasteiger partial charge in [-0.2, -0.15) is 61.5 Å². The number of fused-ring (bicyclic) bond motifs is 2. The van der Waals surface area contributed by atoms with E-state index in [4.69, 9.17) is 10.8 Å². The van der Waals surface area contributed by atoms with Crippen LogP contribution in [0.1, 0.15) is 11.1 Å². The van der Waals surface area contributed by atoms with Gasteiger partial charge in [-0.15, -0.1) is 0 Å². The van der Waals surface area contributed by atoms with Crippen molar-refractivity contribution in [3.8, 4) is 0 Å². The fourth-order valence-corrected chi connectivity index (χ4v) is 6.73. The third-order valence-corrected chi connectivity index (χ3v) is 9.56. The molecule has 0 radical (unpaired) electrons. The predicted molar refractivity (Wildman–Crippen MR) is 162 cm³/mol. The maximum Gasteiger partial charge on any atom is 0.416 e. The molecule has 0 aliphatic carbocycles. The maximum absolute atomic E-state index is 12.8. The first kappa shape index (κ1) is 37.1. The molecule has 2 aromatic carbocycles. The summed E-state index contributed by atoms with van der Waals surface area (Å²) in [5.74, 6) is 0. The number of alkyl halides is 6. The molecule has 0 atom stereocenters.